The molecule has 2 rings (SSSR count). The molecular formula is C12H17N3O2S. The number of nitrogens with zero attached hydrogens (tertiary/aromatic N) is 3. The summed E-state index contributed by atoms with van der Waals surface area (Å²) in [6.45, 7) is 4.84. The second-order valence-corrected chi connectivity index (χ2v) is 7.85. The third-order valence-electron chi connectivity index (χ3n) is 2.79. The molecule has 98 valence electrons. The van der Waals surface area contributed by atoms with Crippen LogP contribution in [0.4, 0.5) is 0 Å². The Morgan fingerprint density at radius 1 is 1.28 bits per heavy atom. The van der Waals surface area contributed by atoms with E-state index in [1.54, 1.807) is 33.2 Å². The maximum Gasteiger partial charge on any atom is 0.258 e. The number of rotatable bonds is 3. The van der Waals surface area contributed by atoms with Crippen molar-refractivity contribution in [2.75, 3.05) is 0 Å². The fourth-order valence-corrected chi connectivity index (χ4v) is 1.85. The van der Waals surface area contributed by atoms with Gasteiger partial charge in [-0.2, -0.15) is 4.40 Å². The number of aromatic nitrogens is 2. The van der Waals surface area contributed by atoms with Gasteiger partial charge in [-0.3, -0.25) is 9.97 Å². The topological polar surface area (TPSA) is 72.3 Å². The minimum atomic E-state index is -3.51. The molecule has 0 amide bonds. The number of hydrogen-bond donors (Lipinski definition) is 0. The van der Waals surface area contributed by atoms with Gasteiger partial charge >= 0.3 is 0 Å². The van der Waals surface area contributed by atoms with Crippen LogP contribution in [-0.2, 0) is 10.0 Å². The van der Waals surface area contributed by atoms with Gasteiger partial charge in [0.05, 0.1) is 22.9 Å². The van der Waals surface area contributed by atoms with E-state index >= 15 is 0 Å². The van der Waals surface area contributed by atoms with E-state index < -0.39 is 14.8 Å². The van der Waals surface area contributed by atoms with E-state index in [9.17, 15) is 8.42 Å². The summed E-state index contributed by atoms with van der Waals surface area (Å²) in [4.78, 5) is 8.40. The third kappa shape index (κ3) is 2.93. The molecule has 1 fully saturated rings. The summed E-state index contributed by atoms with van der Waals surface area (Å²) >= 11 is 0. The first kappa shape index (κ1) is 13.1. The molecule has 0 aromatic carbocycles. The van der Waals surface area contributed by atoms with Crippen molar-refractivity contribution in [3.63, 3.8) is 0 Å². The summed E-state index contributed by atoms with van der Waals surface area (Å²) < 4.78 is 26.3. The highest BCUT2D eigenvalue weighted by Crippen LogP contribution is 2.38. The van der Waals surface area contributed by atoms with Crippen LogP contribution in [0.5, 0.6) is 0 Å². The fraction of sp³-hybridized carbons (Fsp3) is 0.583. The molecule has 0 spiro atoms. The maximum absolute atomic E-state index is 11.8. The molecule has 0 saturated heterocycles. The van der Waals surface area contributed by atoms with Crippen molar-refractivity contribution in [1.82, 2.24) is 9.97 Å². The first-order valence-corrected chi connectivity index (χ1v) is 7.35. The molecule has 1 aliphatic rings. The van der Waals surface area contributed by atoms with Crippen molar-refractivity contribution in [2.24, 2.45) is 4.40 Å². The molecule has 0 unspecified atom stereocenters. The standard InChI is InChI=1S/C12H17N3O2S/c1-12(2,3)18(16,17)15-7-10-6-14-11(8-13-10)9-4-5-9/h6-9H,4-5H2,1-3H3/b15-7+. The Kier molecular flexibility index (Phi) is 3.23. The highest BCUT2D eigenvalue weighted by molar-refractivity contribution is 7.91. The van der Waals surface area contributed by atoms with Crippen molar-refractivity contribution < 1.29 is 8.42 Å². The summed E-state index contributed by atoms with van der Waals surface area (Å²) in [7, 11) is -3.51. The number of sulfonamides is 1. The molecule has 6 heteroatoms. The van der Waals surface area contributed by atoms with E-state index in [4.69, 9.17) is 0 Å². The largest absolute Gasteiger partial charge is 0.258 e. The van der Waals surface area contributed by atoms with Crippen molar-refractivity contribution in [3.05, 3.63) is 23.8 Å². The van der Waals surface area contributed by atoms with Crippen LogP contribution in [0, 0.1) is 0 Å². The van der Waals surface area contributed by atoms with E-state index in [-0.39, 0.29) is 0 Å². The van der Waals surface area contributed by atoms with Crippen LogP contribution in [0.1, 0.15) is 50.9 Å². The fourth-order valence-electron chi connectivity index (χ4n) is 1.29. The van der Waals surface area contributed by atoms with Crippen molar-refractivity contribution >= 4 is 16.2 Å². The van der Waals surface area contributed by atoms with Gasteiger partial charge in [-0.15, -0.1) is 0 Å². The van der Waals surface area contributed by atoms with Crippen molar-refractivity contribution in [3.8, 4) is 0 Å². The first-order valence-electron chi connectivity index (χ1n) is 5.91. The predicted octanol–water partition coefficient (Wildman–Crippen LogP) is 1.90. The van der Waals surface area contributed by atoms with Crippen LogP contribution in [0.2, 0.25) is 0 Å². The van der Waals surface area contributed by atoms with E-state index in [1.807, 2.05) is 0 Å². The maximum atomic E-state index is 11.8. The summed E-state index contributed by atoms with van der Waals surface area (Å²) in [5, 5.41) is 0. The van der Waals surface area contributed by atoms with Gasteiger partial charge in [0.25, 0.3) is 10.0 Å². The summed E-state index contributed by atoms with van der Waals surface area (Å²) in [6, 6.07) is 0. The van der Waals surface area contributed by atoms with Crippen LogP contribution in [0.3, 0.4) is 0 Å². The van der Waals surface area contributed by atoms with Gasteiger partial charge in [-0.1, -0.05) is 0 Å². The average molecular weight is 267 g/mol. The Hall–Kier alpha value is -1.30. The quantitative estimate of drug-likeness (QED) is 0.784. The second-order valence-electron chi connectivity index (χ2n) is 5.46. The Morgan fingerprint density at radius 2 is 1.94 bits per heavy atom. The molecule has 1 heterocycles. The molecule has 0 atom stereocenters. The lowest BCUT2D eigenvalue weighted by Gasteiger charge is -2.14. The molecule has 0 radical (unpaired) electrons. The lowest BCUT2D eigenvalue weighted by atomic mass is 10.3. The average Bonchev–Trinajstić information content (AvgIpc) is 3.09. The Balaban J connectivity index is 2.14. The molecule has 0 N–H and O–H groups in total. The van der Waals surface area contributed by atoms with E-state index in [0.717, 1.165) is 5.69 Å². The van der Waals surface area contributed by atoms with E-state index in [2.05, 4.69) is 14.4 Å². The summed E-state index contributed by atoms with van der Waals surface area (Å²) in [5.41, 5.74) is 1.44. The predicted molar refractivity (Wildman–Crippen MR) is 70.3 cm³/mol. The highest BCUT2D eigenvalue weighted by Gasteiger charge is 2.28. The van der Waals surface area contributed by atoms with Gasteiger partial charge in [0.15, 0.2) is 0 Å². The zero-order chi connectivity index (χ0) is 13.4. The van der Waals surface area contributed by atoms with Crippen LogP contribution in [0.15, 0.2) is 16.8 Å². The highest BCUT2D eigenvalue weighted by atomic mass is 32.2. The summed E-state index contributed by atoms with van der Waals surface area (Å²) in [5.74, 6) is 0.543. The van der Waals surface area contributed by atoms with Gasteiger partial charge in [0, 0.05) is 12.1 Å². The van der Waals surface area contributed by atoms with Crippen LogP contribution in [0.25, 0.3) is 0 Å². The van der Waals surface area contributed by atoms with Crippen molar-refractivity contribution in [1.29, 1.82) is 0 Å². The van der Waals surface area contributed by atoms with Crippen LogP contribution in [-0.4, -0.2) is 29.3 Å². The number of hydrogen-bond acceptors (Lipinski definition) is 4. The molecule has 1 aliphatic carbocycles. The lowest BCUT2D eigenvalue weighted by molar-refractivity contribution is 0.562. The minimum Gasteiger partial charge on any atom is -0.257 e. The smallest absolute Gasteiger partial charge is 0.257 e. The molecule has 0 aliphatic heterocycles. The lowest BCUT2D eigenvalue weighted by Crippen LogP contribution is -2.25. The van der Waals surface area contributed by atoms with Gasteiger partial charge in [-0.25, -0.2) is 8.42 Å². The molecule has 5 nitrogen and oxygen atoms in total. The monoisotopic (exact) mass is 267 g/mol. The van der Waals surface area contributed by atoms with E-state index in [1.165, 1.54) is 19.1 Å². The summed E-state index contributed by atoms with van der Waals surface area (Å²) in [6.07, 6.45) is 6.85. The van der Waals surface area contributed by atoms with E-state index in [0.29, 0.717) is 11.6 Å². The molecule has 1 aromatic heterocycles. The van der Waals surface area contributed by atoms with Gasteiger partial charge < -0.3 is 0 Å². The van der Waals surface area contributed by atoms with Gasteiger partial charge in [-0.05, 0) is 33.6 Å². The first-order chi connectivity index (χ1) is 8.29. The zero-order valence-corrected chi connectivity index (χ0v) is 11.6. The molecule has 0 bridgehead atoms. The SMILES string of the molecule is CC(C)(C)S(=O)(=O)/N=C/c1cnc(C2CC2)cn1. The van der Waals surface area contributed by atoms with Crippen molar-refractivity contribution in [2.45, 2.75) is 44.3 Å². The van der Waals surface area contributed by atoms with Crippen LogP contribution >= 0.6 is 0 Å². The Labute approximate surface area is 107 Å². The third-order valence-corrected chi connectivity index (χ3v) is 4.72. The Morgan fingerprint density at radius 3 is 2.39 bits per heavy atom. The Bertz CT molecular complexity index is 552. The van der Waals surface area contributed by atoms with Gasteiger partial charge in [0.2, 0.25) is 0 Å². The minimum absolute atomic E-state index is 0.465. The van der Waals surface area contributed by atoms with Gasteiger partial charge in [0.1, 0.15) is 5.69 Å². The zero-order valence-electron chi connectivity index (χ0n) is 10.8. The second kappa shape index (κ2) is 4.42. The molecule has 1 aromatic rings. The molecule has 18 heavy (non-hydrogen) atoms. The normalized spacial score (nSPS) is 17.3. The molecule has 1 saturated carbocycles. The van der Waals surface area contributed by atoms with Crippen LogP contribution < -0.4 is 0 Å². The molecular weight excluding hydrogens is 250 g/mol.